The number of aromatic nitrogens is 4. The van der Waals surface area contributed by atoms with Gasteiger partial charge in [0.2, 0.25) is 5.88 Å². The van der Waals surface area contributed by atoms with E-state index >= 15 is 0 Å². The number of carbonyl (C=O) groups excluding carboxylic acids is 1. The molecule has 2 aromatic carbocycles. The zero-order valence-corrected chi connectivity index (χ0v) is 22.9. The molecule has 13 heteroatoms. The summed E-state index contributed by atoms with van der Waals surface area (Å²) < 4.78 is 23.6. The summed E-state index contributed by atoms with van der Waals surface area (Å²) in [6, 6.07) is 8.55. The second kappa shape index (κ2) is 10.5. The van der Waals surface area contributed by atoms with Gasteiger partial charge in [0.1, 0.15) is 28.6 Å². The van der Waals surface area contributed by atoms with Crippen LogP contribution in [-0.2, 0) is 4.74 Å². The van der Waals surface area contributed by atoms with Crippen molar-refractivity contribution in [3.8, 4) is 28.0 Å². The van der Waals surface area contributed by atoms with Crippen molar-refractivity contribution in [2.75, 3.05) is 25.6 Å². The Hall–Kier alpha value is -5.04. The van der Waals surface area contributed by atoms with Crippen LogP contribution in [0.1, 0.15) is 21.6 Å². The molecule has 0 aliphatic carbocycles. The molecule has 1 aliphatic heterocycles. The molecule has 0 fully saturated rings. The molecule has 0 saturated carbocycles. The molecule has 1 aliphatic rings. The van der Waals surface area contributed by atoms with E-state index in [2.05, 4.69) is 20.3 Å². The first-order valence-corrected chi connectivity index (χ1v) is 13.3. The Kier molecular flexibility index (Phi) is 6.71. The van der Waals surface area contributed by atoms with Gasteiger partial charge in [0.15, 0.2) is 17.6 Å². The molecule has 0 saturated heterocycles. The first-order chi connectivity index (χ1) is 19.8. The Morgan fingerprint density at radius 3 is 2.80 bits per heavy atom. The Bertz CT molecular complexity index is 1840. The van der Waals surface area contributed by atoms with Gasteiger partial charge in [0, 0.05) is 17.4 Å². The number of amides is 1. The fourth-order valence-electron chi connectivity index (χ4n) is 4.45. The van der Waals surface area contributed by atoms with Gasteiger partial charge in [-0.3, -0.25) is 5.32 Å². The zero-order chi connectivity index (χ0) is 28.7. The number of hydrogen-bond donors (Lipinski definition) is 2. The van der Waals surface area contributed by atoms with E-state index in [0.29, 0.717) is 17.4 Å². The standard InChI is InChI=1S/C28H23N5O7S/c1-13-6-17(23-18(7-13)32-21(37-3)10-30-23)26-33-22-14(2)8-20-24(25(22)41-26)38-11-16(40-20)12-39-28(36)31-15-4-5-29-19(9-15)27(34)35/h4-10,16H,11-12H2,1-3H3,(H,34,35)(H,29,31,36). The molecule has 12 nitrogen and oxygen atoms in total. The van der Waals surface area contributed by atoms with E-state index in [-0.39, 0.29) is 24.6 Å². The van der Waals surface area contributed by atoms with Crippen molar-refractivity contribution in [1.29, 1.82) is 0 Å². The van der Waals surface area contributed by atoms with E-state index < -0.39 is 18.2 Å². The van der Waals surface area contributed by atoms with E-state index in [1.807, 2.05) is 32.0 Å². The molecule has 0 spiro atoms. The van der Waals surface area contributed by atoms with Crippen LogP contribution in [0.5, 0.6) is 17.4 Å². The first-order valence-electron chi connectivity index (χ1n) is 12.5. The van der Waals surface area contributed by atoms with Crippen LogP contribution in [0.15, 0.2) is 42.7 Å². The normalized spacial score (nSPS) is 14.2. The molecule has 0 radical (unpaired) electrons. The first kappa shape index (κ1) is 26.2. The highest BCUT2D eigenvalue weighted by molar-refractivity contribution is 7.22. The van der Waals surface area contributed by atoms with Crippen molar-refractivity contribution in [3.63, 3.8) is 0 Å². The van der Waals surface area contributed by atoms with Gasteiger partial charge in [-0.15, -0.1) is 11.3 Å². The number of carbonyl (C=O) groups is 2. The van der Waals surface area contributed by atoms with Gasteiger partial charge in [-0.2, -0.15) is 0 Å². The van der Waals surface area contributed by atoms with Gasteiger partial charge in [-0.1, -0.05) is 0 Å². The number of nitrogens with one attached hydrogen (secondary N) is 1. The maximum atomic E-state index is 12.3. The highest BCUT2D eigenvalue weighted by atomic mass is 32.1. The minimum Gasteiger partial charge on any atom is -0.484 e. The van der Waals surface area contributed by atoms with Crippen molar-refractivity contribution in [3.05, 3.63) is 59.5 Å². The monoisotopic (exact) mass is 573 g/mol. The fraction of sp³-hybridized carbons (Fsp3) is 0.214. The van der Waals surface area contributed by atoms with Crippen LogP contribution in [-0.4, -0.2) is 63.5 Å². The van der Waals surface area contributed by atoms with E-state index in [4.69, 9.17) is 29.0 Å². The van der Waals surface area contributed by atoms with Gasteiger partial charge in [0.05, 0.1) is 29.9 Å². The van der Waals surface area contributed by atoms with E-state index in [1.54, 1.807) is 13.3 Å². The smallest absolute Gasteiger partial charge is 0.411 e. The lowest BCUT2D eigenvalue weighted by Gasteiger charge is -2.26. The Morgan fingerprint density at radius 1 is 1.15 bits per heavy atom. The number of aromatic carboxylic acids is 1. The highest BCUT2D eigenvalue weighted by Gasteiger charge is 2.27. The number of aryl methyl sites for hydroxylation is 2. The summed E-state index contributed by atoms with van der Waals surface area (Å²) in [5.41, 5.74) is 5.08. The lowest BCUT2D eigenvalue weighted by Crippen LogP contribution is -2.35. The van der Waals surface area contributed by atoms with Crippen LogP contribution >= 0.6 is 11.3 Å². The second-order valence-corrected chi connectivity index (χ2v) is 10.3. The Morgan fingerprint density at radius 2 is 2.00 bits per heavy atom. The van der Waals surface area contributed by atoms with Gasteiger partial charge in [0.25, 0.3) is 0 Å². The topological polar surface area (TPSA) is 155 Å². The number of fused-ring (bicyclic) bond motifs is 4. The number of rotatable bonds is 6. The molecular weight excluding hydrogens is 550 g/mol. The predicted octanol–water partition coefficient (Wildman–Crippen LogP) is 5.01. The average molecular weight is 574 g/mol. The lowest BCUT2D eigenvalue weighted by molar-refractivity contribution is 0.0383. The number of benzene rings is 2. The summed E-state index contributed by atoms with van der Waals surface area (Å²) in [4.78, 5) is 41.1. The fourth-order valence-corrected chi connectivity index (χ4v) is 5.60. The van der Waals surface area contributed by atoms with Crippen molar-refractivity contribution < 1.29 is 33.6 Å². The number of carboxylic acids is 1. The third-order valence-electron chi connectivity index (χ3n) is 6.32. The largest absolute Gasteiger partial charge is 0.484 e. The number of thiazole rings is 1. The van der Waals surface area contributed by atoms with Crippen molar-refractivity contribution in [2.45, 2.75) is 20.0 Å². The van der Waals surface area contributed by atoms with Crippen molar-refractivity contribution in [2.24, 2.45) is 0 Å². The molecule has 4 heterocycles. The molecule has 1 unspecified atom stereocenters. The van der Waals surface area contributed by atoms with Crippen LogP contribution in [0, 0.1) is 13.8 Å². The highest BCUT2D eigenvalue weighted by Crippen LogP contribution is 2.46. The third kappa shape index (κ3) is 5.14. The SMILES string of the molecule is COc1cnc2c(-c3nc4c(C)cc5c(c4s3)OCC(COC(=O)Nc3ccnc(C(=O)O)c3)O5)cc(C)cc2n1. The average Bonchev–Trinajstić information content (AvgIpc) is 3.41. The van der Waals surface area contributed by atoms with Gasteiger partial charge < -0.3 is 24.1 Å². The molecule has 1 amide bonds. The van der Waals surface area contributed by atoms with E-state index in [9.17, 15) is 9.59 Å². The maximum Gasteiger partial charge on any atom is 0.411 e. The molecule has 5 aromatic rings. The van der Waals surface area contributed by atoms with Gasteiger partial charge in [-0.05, 0) is 55.3 Å². The predicted molar refractivity (Wildman–Crippen MR) is 150 cm³/mol. The molecule has 41 heavy (non-hydrogen) atoms. The maximum absolute atomic E-state index is 12.3. The summed E-state index contributed by atoms with van der Waals surface area (Å²) in [6.07, 6.45) is 1.57. The molecule has 0 bridgehead atoms. The third-order valence-corrected chi connectivity index (χ3v) is 7.41. The van der Waals surface area contributed by atoms with E-state index in [1.165, 1.54) is 29.7 Å². The summed E-state index contributed by atoms with van der Waals surface area (Å²) in [5.74, 6) is 0.351. The van der Waals surface area contributed by atoms with Crippen LogP contribution in [0.2, 0.25) is 0 Å². The zero-order valence-electron chi connectivity index (χ0n) is 22.1. The van der Waals surface area contributed by atoms with E-state index in [0.717, 1.165) is 42.9 Å². The summed E-state index contributed by atoms with van der Waals surface area (Å²) in [5, 5.41) is 12.3. The summed E-state index contributed by atoms with van der Waals surface area (Å²) in [7, 11) is 1.56. The minimum atomic E-state index is -1.20. The second-order valence-electron chi connectivity index (χ2n) is 9.32. The number of nitrogens with zero attached hydrogens (tertiary/aromatic N) is 4. The molecule has 2 N–H and O–H groups in total. The number of ether oxygens (including phenoxy) is 4. The summed E-state index contributed by atoms with van der Waals surface area (Å²) in [6.45, 7) is 4.02. The van der Waals surface area contributed by atoms with Crippen molar-refractivity contribution in [1.82, 2.24) is 19.9 Å². The quantitative estimate of drug-likeness (QED) is 0.281. The van der Waals surface area contributed by atoms with Crippen molar-refractivity contribution >= 4 is 50.3 Å². The number of hydrogen-bond acceptors (Lipinski definition) is 11. The molecule has 208 valence electrons. The number of methoxy groups -OCH3 is 1. The Balaban J connectivity index is 1.21. The van der Waals surface area contributed by atoms with Crippen LogP contribution < -0.4 is 19.5 Å². The van der Waals surface area contributed by atoms with Crippen LogP contribution in [0.25, 0.3) is 31.8 Å². The van der Waals surface area contributed by atoms with Crippen LogP contribution in [0.4, 0.5) is 10.5 Å². The van der Waals surface area contributed by atoms with Gasteiger partial charge >= 0.3 is 12.1 Å². The molecule has 6 rings (SSSR count). The number of carboxylic acid groups (broad SMARTS) is 1. The molecular formula is C28H23N5O7S. The number of anilines is 1. The molecule has 3 aromatic heterocycles. The Labute approximate surface area is 236 Å². The molecule has 1 atom stereocenters. The minimum absolute atomic E-state index is 0.0788. The summed E-state index contributed by atoms with van der Waals surface area (Å²) >= 11 is 1.48. The van der Waals surface area contributed by atoms with Gasteiger partial charge in [-0.25, -0.2) is 29.5 Å². The van der Waals surface area contributed by atoms with Crippen LogP contribution in [0.3, 0.4) is 0 Å². The lowest BCUT2D eigenvalue weighted by atomic mass is 10.1. The number of pyridine rings is 1.